The fourth-order valence-electron chi connectivity index (χ4n) is 11.7. The number of aromatic hydroxyl groups is 1. The SMILES string of the molecule is O=C1OCCC1Cc1ccccc1OC[C@@H](O)CN1CCC(c2ccc3ccccc3c2)CC1.O=C1OCCN1Cc1ccccc1O.O=C1OCCN1Cc1ccccc1OC[C@@H](O)CN1CCC(c2ccc3ccccc3c2)CC1. The lowest BCUT2D eigenvalue weighted by atomic mass is 9.88. The highest BCUT2D eigenvalue weighted by Gasteiger charge is 2.29. The molecule has 3 N–H and O–H groups in total. The van der Waals surface area contributed by atoms with E-state index in [1.54, 1.807) is 28.0 Å². The van der Waals surface area contributed by atoms with Crippen molar-refractivity contribution in [2.45, 2.75) is 75.7 Å². The molecule has 12 rings (SSSR count). The van der Waals surface area contributed by atoms with E-state index < -0.39 is 12.2 Å². The van der Waals surface area contributed by atoms with Crippen LogP contribution in [0.25, 0.3) is 21.5 Å². The van der Waals surface area contributed by atoms with Crippen molar-refractivity contribution in [2.24, 2.45) is 5.92 Å². The predicted molar refractivity (Wildman–Crippen MR) is 315 cm³/mol. The molecule has 0 aromatic heterocycles. The van der Waals surface area contributed by atoms with E-state index in [1.165, 1.54) is 32.7 Å². The van der Waals surface area contributed by atoms with Gasteiger partial charge in [-0.05, 0) is 133 Å². The van der Waals surface area contributed by atoms with Crippen molar-refractivity contribution in [3.05, 3.63) is 186 Å². The minimum Gasteiger partial charge on any atom is -0.508 e. The molecule has 0 saturated carbocycles. The zero-order valence-electron chi connectivity index (χ0n) is 46.6. The molecule has 7 aromatic rings. The van der Waals surface area contributed by atoms with E-state index >= 15 is 0 Å². The molecule has 0 radical (unpaired) electrons. The van der Waals surface area contributed by atoms with E-state index in [9.17, 15) is 29.7 Å². The summed E-state index contributed by atoms with van der Waals surface area (Å²) in [5.74, 6) is 2.59. The number of phenolic OH excluding ortho intramolecular Hbond substituents is 1. The van der Waals surface area contributed by atoms with E-state index in [0.717, 1.165) is 80.7 Å². The van der Waals surface area contributed by atoms with Crippen LogP contribution in [0.5, 0.6) is 17.2 Å². The first-order valence-electron chi connectivity index (χ1n) is 29.0. The maximum absolute atomic E-state index is 11.8. The molecule has 7 aromatic carbocycles. The summed E-state index contributed by atoms with van der Waals surface area (Å²) in [4.78, 5) is 42.6. The van der Waals surface area contributed by atoms with Crippen molar-refractivity contribution in [1.82, 2.24) is 19.6 Å². The van der Waals surface area contributed by atoms with E-state index in [0.29, 0.717) is 83.1 Å². The number of ether oxygens (including phenoxy) is 5. The number of cyclic esters (lactones) is 3. The number of carbonyl (C=O) groups excluding carboxylic acids is 3. The maximum Gasteiger partial charge on any atom is 0.410 e. The summed E-state index contributed by atoms with van der Waals surface area (Å²) in [5.41, 5.74) is 5.50. The average molecular weight is 1110 g/mol. The molecule has 2 amide bonds. The van der Waals surface area contributed by atoms with Crippen LogP contribution in [0.1, 0.15) is 71.8 Å². The molecule has 0 aliphatic carbocycles. The van der Waals surface area contributed by atoms with Gasteiger partial charge in [0.05, 0.1) is 38.7 Å². The highest BCUT2D eigenvalue weighted by Crippen LogP contribution is 2.33. The van der Waals surface area contributed by atoms with Crippen LogP contribution in [0, 0.1) is 5.92 Å². The van der Waals surface area contributed by atoms with Gasteiger partial charge in [-0.3, -0.25) is 4.79 Å². The molecular weight excluding hydrogens is 1040 g/mol. The third-order valence-corrected chi connectivity index (χ3v) is 16.3. The van der Waals surface area contributed by atoms with Gasteiger partial charge in [0.25, 0.3) is 0 Å². The normalized spacial score (nSPS) is 18.7. The van der Waals surface area contributed by atoms with E-state index in [2.05, 4.69) is 94.7 Å². The summed E-state index contributed by atoms with van der Waals surface area (Å²) in [6.45, 7) is 9.01. The predicted octanol–water partition coefficient (Wildman–Crippen LogP) is 10.3. The number of fused-ring (bicyclic) bond motifs is 2. The van der Waals surface area contributed by atoms with Crippen LogP contribution >= 0.6 is 0 Å². The number of likely N-dealkylation sites (tertiary alicyclic amines) is 2. The quantitative estimate of drug-likeness (QED) is 0.0548. The first kappa shape index (κ1) is 57.5. The van der Waals surface area contributed by atoms with E-state index in [-0.39, 0.29) is 43.0 Å². The molecule has 430 valence electrons. The standard InChI is InChI=1S/C29H33NO4.C28H32N2O4.C10H11NO3/c31-27(20-34-28-8-4-3-7-25(28)18-26-13-16-33-29(26)32)19-30-14-11-22(12-15-30)24-10-9-21-5-1-2-6-23(21)17-24;31-26(20-34-27-8-4-3-7-25(27)18-30-15-16-33-28(30)32)19-29-13-11-22(12-14-29)24-10-9-21-5-1-2-6-23(21)17-24;12-9-4-2-1-3-8(9)7-11-5-6-14-10(11)13/h1-10,17,22,26-27,31H,11-16,18-20H2;1-10,17,22,26,31H,11-16,18-20H2;1-4,12H,5-7H2/t26?,27-;26-;/m00./s1. The van der Waals surface area contributed by atoms with Crippen molar-refractivity contribution < 1.29 is 53.4 Å². The molecule has 82 heavy (non-hydrogen) atoms. The summed E-state index contributed by atoms with van der Waals surface area (Å²) in [7, 11) is 0. The van der Waals surface area contributed by atoms with Crippen LogP contribution in [-0.4, -0.2) is 151 Å². The minimum atomic E-state index is -0.568. The highest BCUT2D eigenvalue weighted by molar-refractivity contribution is 5.84. The summed E-state index contributed by atoms with van der Waals surface area (Å²) in [6, 6.07) is 53.1. The van der Waals surface area contributed by atoms with Crippen molar-refractivity contribution in [2.75, 3.05) is 85.4 Å². The number of aliphatic hydroxyl groups is 2. The van der Waals surface area contributed by atoms with Gasteiger partial charge in [0.2, 0.25) is 0 Å². The number of amides is 2. The first-order chi connectivity index (χ1) is 40.1. The molecule has 1 unspecified atom stereocenters. The van der Waals surface area contributed by atoms with Crippen molar-refractivity contribution >= 4 is 39.7 Å². The molecule has 15 nitrogen and oxygen atoms in total. The Bertz CT molecular complexity index is 3050. The summed E-state index contributed by atoms with van der Waals surface area (Å²) >= 11 is 0. The second kappa shape index (κ2) is 28.3. The zero-order chi connectivity index (χ0) is 56.6. The van der Waals surface area contributed by atoms with Gasteiger partial charge in [0.1, 0.15) is 55.9 Å². The fourth-order valence-corrected chi connectivity index (χ4v) is 11.7. The molecule has 3 atom stereocenters. The number of hydrogen-bond donors (Lipinski definition) is 3. The third kappa shape index (κ3) is 15.6. The lowest BCUT2D eigenvalue weighted by molar-refractivity contribution is -0.141. The third-order valence-electron chi connectivity index (χ3n) is 16.3. The van der Waals surface area contributed by atoms with Gasteiger partial charge in [-0.25, -0.2) is 9.59 Å². The van der Waals surface area contributed by atoms with Gasteiger partial charge in [-0.1, -0.05) is 140 Å². The maximum atomic E-state index is 11.8. The fraction of sp³-hybridized carbons (Fsp3) is 0.388. The summed E-state index contributed by atoms with van der Waals surface area (Å²) < 4.78 is 26.8. The number of para-hydroxylation sites is 3. The summed E-state index contributed by atoms with van der Waals surface area (Å²) in [6.07, 6.45) is 4.05. The number of β-amino-alcohol motifs (C(OH)–C–C–N with tert-alkyl or cyclic N) is 2. The zero-order valence-corrected chi connectivity index (χ0v) is 46.6. The smallest absolute Gasteiger partial charge is 0.410 e. The second-order valence-corrected chi connectivity index (χ2v) is 22.1. The van der Waals surface area contributed by atoms with E-state index in [1.807, 2.05) is 54.6 Å². The second-order valence-electron chi connectivity index (χ2n) is 22.1. The molecule has 5 heterocycles. The largest absolute Gasteiger partial charge is 0.508 e. The Labute approximate surface area is 480 Å². The van der Waals surface area contributed by atoms with Crippen molar-refractivity contribution in [1.29, 1.82) is 0 Å². The number of phenols is 1. The van der Waals surface area contributed by atoms with Gasteiger partial charge in [-0.2, -0.15) is 0 Å². The molecule has 5 saturated heterocycles. The van der Waals surface area contributed by atoms with Crippen LogP contribution in [0.4, 0.5) is 9.59 Å². The number of rotatable bonds is 18. The van der Waals surface area contributed by atoms with Crippen LogP contribution in [0.3, 0.4) is 0 Å². The Kier molecular flexibility index (Phi) is 19.9. The molecule has 0 bridgehead atoms. The summed E-state index contributed by atoms with van der Waals surface area (Å²) in [5, 5.41) is 35.9. The Morgan fingerprint density at radius 3 is 1.38 bits per heavy atom. The van der Waals surface area contributed by atoms with Gasteiger partial charge >= 0.3 is 18.2 Å². The molecule has 5 aliphatic rings. The number of piperidine rings is 2. The van der Waals surface area contributed by atoms with Crippen LogP contribution in [0.2, 0.25) is 0 Å². The number of aliphatic hydroxyl groups excluding tert-OH is 2. The monoisotopic (exact) mass is 1110 g/mol. The number of esters is 1. The molecule has 0 spiro atoms. The Balaban J connectivity index is 0.000000149. The van der Waals surface area contributed by atoms with Gasteiger partial charge in [0, 0.05) is 24.2 Å². The van der Waals surface area contributed by atoms with E-state index in [4.69, 9.17) is 23.7 Å². The number of nitrogens with zero attached hydrogens (tertiary/aromatic N) is 4. The lowest BCUT2D eigenvalue weighted by Gasteiger charge is -2.33. The Hall–Kier alpha value is -7.69. The molecule has 15 heteroatoms. The molecule has 5 fully saturated rings. The number of benzene rings is 7. The van der Waals surface area contributed by atoms with Crippen LogP contribution in [0.15, 0.2) is 158 Å². The number of carbonyl (C=O) groups is 3. The minimum absolute atomic E-state index is 0.0985. The van der Waals surface area contributed by atoms with Crippen LogP contribution in [-0.2, 0) is 38.5 Å². The Morgan fingerprint density at radius 2 is 0.902 bits per heavy atom. The topological polar surface area (TPSA) is 171 Å². The Morgan fingerprint density at radius 1 is 0.463 bits per heavy atom. The van der Waals surface area contributed by atoms with Crippen LogP contribution < -0.4 is 9.47 Å². The van der Waals surface area contributed by atoms with Crippen molar-refractivity contribution in [3.63, 3.8) is 0 Å². The van der Waals surface area contributed by atoms with Gasteiger partial charge < -0.3 is 58.6 Å². The number of hydrogen-bond acceptors (Lipinski definition) is 13. The molecule has 5 aliphatic heterocycles. The first-order valence-corrected chi connectivity index (χ1v) is 29.0. The van der Waals surface area contributed by atoms with Gasteiger partial charge in [0.15, 0.2) is 0 Å². The highest BCUT2D eigenvalue weighted by atomic mass is 16.6. The van der Waals surface area contributed by atoms with Gasteiger partial charge in [-0.15, -0.1) is 0 Å². The average Bonchev–Trinajstić information content (AvgIpc) is 4.27. The molecular formula is C67H76N4O11. The van der Waals surface area contributed by atoms with Crippen molar-refractivity contribution in [3.8, 4) is 17.2 Å². The lowest BCUT2D eigenvalue weighted by Crippen LogP contribution is -2.40.